The molecule has 3 nitrogen and oxygen atoms in total. The molecule has 0 spiro atoms. The Hall–Kier alpha value is -2.03. The summed E-state index contributed by atoms with van der Waals surface area (Å²) >= 11 is 0. The summed E-state index contributed by atoms with van der Waals surface area (Å²) in [6.07, 6.45) is 2.64. The number of furan rings is 1. The van der Waals surface area contributed by atoms with Crippen LogP contribution in [0.1, 0.15) is 44.9 Å². The van der Waals surface area contributed by atoms with Gasteiger partial charge < -0.3 is 9.32 Å². The number of anilines is 1. The molecule has 3 atom stereocenters. The maximum Gasteiger partial charge on any atom is 0.227 e. The van der Waals surface area contributed by atoms with Crippen LogP contribution in [0.5, 0.6) is 0 Å². The summed E-state index contributed by atoms with van der Waals surface area (Å²) in [4.78, 5) is 7.29. The summed E-state index contributed by atoms with van der Waals surface area (Å²) in [6, 6.07) is 9.81. The summed E-state index contributed by atoms with van der Waals surface area (Å²) in [5, 5.41) is 2.31. The molecule has 3 aromatic rings. The van der Waals surface area contributed by atoms with Gasteiger partial charge in [-0.3, -0.25) is 0 Å². The molecular weight excluding hydrogens is 308 g/mol. The van der Waals surface area contributed by atoms with E-state index in [1.807, 2.05) is 6.92 Å². The van der Waals surface area contributed by atoms with E-state index in [-0.39, 0.29) is 0 Å². The summed E-state index contributed by atoms with van der Waals surface area (Å²) in [5.74, 6) is 0.761. The fourth-order valence-corrected chi connectivity index (χ4v) is 5.74. The predicted molar refractivity (Wildman–Crippen MR) is 103 cm³/mol. The second-order valence-corrected chi connectivity index (χ2v) is 8.68. The Bertz CT molecular complexity index is 1000. The topological polar surface area (TPSA) is 29.3 Å². The van der Waals surface area contributed by atoms with Crippen LogP contribution < -0.4 is 4.90 Å². The van der Waals surface area contributed by atoms with Crippen molar-refractivity contribution in [1.82, 2.24) is 4.98 Å². The number of pyridine rings is 1. The highest BCUT2D eigenvalue weighted by atomic mass is 16.3. The van der Waals surface area contributed by atoms with E-state index >= 15 is 0 Å². The number of rotatable bonds is 1. The van der Waals surface area contributed by atoms with Gasteiger partial charge in [0.25, 0.3) is 0 Å². The molecule has 3 unspecified atom stereocenters. The number of benzene rings is 1. The summed E-state index contributed by atoms with van der Waals surface area (Å²) in [6.45, 7) is 11.5. The molecule has 2 aliphatic rings. The van der Waals surface area contributed by atoms with E-state index in [1.165, 1.54) is 29.5 Å². The molecule has 1 aliphatic carbocycles. The zero-order valence-corrected chi connectivity index (χ0v) is 15.8. The van der Waals surface area contributed by atoms with E-state index in [1.54, 1.807) is 0 Å². The Labute approximate surface area is 149 Å². The van der Waals surface area contributed by atoms with E-state index in [2.05, 4.69) is 61.8 Å². The number of hydrogen-bond donors (Lipinski definition) is 0. The molecule has 3 heterocycles. The molecule has 1 saturated carbocycles. The van der Waals surface area contributed by atoms with E-state index in [4.69, 9.17) is 4.42 Å². The average Bonchev–Trinajstić information content (AvgIpc) is 3.11. The molecule has 2 fully saturated rings. The normalized spacial score (nSPS) is 27.7. The summed E-state index contributed by atoms with van der Waals surface area (Å²) < 4.78 is 6.33. The van der Waals surface area contributed by atoms with Gasteiger partial charge in [-0.05, 0) is 62.6 Å². The molecule has 1 aliphatic heterocycles. The second kappa shape index (κ2) is 4.78. The smallest absolute Gasteiger partial charge is 0.227 e. The van der Waals surface area contributed by atoms with Crippen LogP contribution in [0.25, 0.3) is 22.1 Å². The minimum absolute atomic E-state index is 0.370. The molecule has 0 amide bonds. The largest absolute Gasteiger partial charge is 0.436 e. The van der Waals surface area contributed by atoms with Gasteiger partial charge in [0.1, 0.15) is 0 Å². The van der Waals surface area contributed by atoms with E-state index in [0.717, 1.165) is 28.3 Å². The first kappa shape index (κ1) is 15.2. The van der Waals surface area contributed by atoms with Crippen LogP contribution in [0.4, 0.5) is 5.69 Å². The van der Waals surface area contributed by atoms with E-state index in [9.17, 15) is 0 Å². The van der Waals surface area contributed by atoms with Crippen LogP contribution in [-0.2, 0) is 0 Å². The van der Waals surface area contributed by atoms with Crippen LogP contribution in [0.3, 0.4) is 0 Å². The first-order chi connectivity index (χ1) is 11.9. The lowest BCUT2D eigenvalue weighted by molar-refractivity contribution is 0.286. The molecule has 1 aromatic carbocycles. The number of fused-ring (bicyclic) bond motifs is 5. The van der Waals surface area contributed by atoms with Crippen molar-refractivity contribution in [3.63, 3.8) is 0 Å². The Morgan fingerprint density at radius 1 is 1.08 bits per heavy atom. The highest BCUT2D eigenvalue weighted by molar-refractivity contribution is 6.08. The Morgan fingerprint density at radius 3 is 2.56 bits per heavy atom. The highest BCUT2D eigenvalue weighted by Crippen LogP contribution is 2.57. The molecule has 2 bridgehead atoms. The maximum absolute atomic E-state index is 6.33. The molecule has 0 radical (unpaired) electrons. The first-order valence-corrected chi connectivity index (χ1v) is 9.47. The van der Waals surface area contributed by atoms with Gasteiger partial charge in [-0.25, -0.2) is 4.98 Å². The lowest BCUT2D eigenvalue weighted by Gasteiger charge is -2.36. The van der Waals surface area contributed by atoms with E-state index in [0.29, 0.717) is 17.5 Å². The number of piperidine rings is 1. The van der Waals surface area contributed by atoms with E-state index < -0.39 is 0 Å². The Morgan fingerprint density at radius 2 is 1.84 bits per heavy atom. The molecule has 3 heteroatoms. The maximum atomic E-state index is 6.33. The van der Waals surface area contributed by atoms with Crippen LogP contribution in [0.2, 0.25) is 0 Å². The Kier molecular flexibility index (Phi) is 2.91. The van der Waals surface area contributed by atoms with Crippen molar-refractivity contribution < 1.29 is 4.42 Å². The highest BCUT2D eigenvalue weighted by Gasteiger charge is 2.56. The van der Waals surface area contributed by atoms with Gasteiger partial charge in [0, 0.05) is 28.6 Å². The Balaban J connectivity index is 1.79. The average molecular weight is 334 g/mol. The predicted octanol–water partition coefficient (Wildman–Crippen LogP) is 5.61. The van der Waals surface area contributed by atoms with Crippen molar-refractivity contribution in [2.75, 3.05) is 4.90 Å². The minimum atomic E-state index is 0.370. The zero-order valence-electron chi connectivity index (χ0n) is 15.8. The fraction of sp³-hybridized carbons (Fsp3) is 0.500. The molecule has 25 heavy (non-hydrogen) atoms. The van der Waals surface area contributed by atoms with Gasteiger partial charge in [-0.1, -0.05) is 26.0 Å². The molecule has 130 valence electrons. The van der Waals surface area contributed by atoms with Gasteiger partial charge in [-0.15, -0.1) is 0 Å². The second-order valence-electron chi connectivity index (χ2n) is 8.68. The number of hydrogen-bond acceptors (Lipinski definition) is 3. The van der Waals surface area contributed by atoms with Crippen LogP contribution in [0.15, 0.2) is 28.7 Å². The summed E-state index contributed by atoms with van der Waals surface area (Å²) in [5.41, 5.74) is 5.75. The van der Waals surface area contributed by atoms with Gasteiger partial charge in [0.2, 0.25) is 5.71 Å². The third-order valence-electron chi connectivity index (χ3n) is 7.00. The third kappa shape index (κ3) is 1.84. The monoisotopic (exact) mass is 334 g/mol. The molecule has 5 rings (SSSR count). The SMILES string of the molecule is Cc1ccc2c(n1)oc1c(N3C(C)C4CCC3C4(C)C)c(C)ccc12. The van der Waals surface area contributed by atoms with Crippen LogP contribution in [-0.4, -0.2) is 17.1 Å². The van der Waals surface area contributed by atoms with Crippen LogP contribution >= 0.6 is 0 Å². The first-order valence-electron chi connectivity index (χ1n) is 9.47. The lowest BCUT2D eigenvalue weighted by atomic mass is 9.80. The van der Waals surface area contributed by atoms with Crippen molar-refractivity contribution in [2.45, 2.75) is 59.5 Å². The van der Waals surface area contributed by atoms with Crippen molar-refractivity contribution >= 4 is 27.8 Å². The van der Waals surface area contributed by atoms with Crippen LogP contribution in [0, 0.1) is 25.2 Å². The molecular formula is C22H26N2O. The molecule has 2 aromatic heterocycles. The fourth-order valence-electron chi connectivity index (χ4n) is 5.74. The van der Waals surface area contributed by atoms with Crippen molar-refractivity contribution in [3.05, 3.63) is 35.5 Å². The van der Waals surface area contributed by atoms with Crippen molar-refractivity contribution in [2.24, 2.45) is 11.3 Å². The van der Waals surface area contributed by atoms with Gasteiger partial charge in [-0.2, -0.15) is 0 Å². The third-order valence-corrected chi connectivity index (χ3v) is 7.00. The lowest BCUT2D eigenvalue weighted by Crippen LogP contribution is -2.40. The number of aryl methyl sites for hydroxylation is 2. The molecule has 0 N–H and O–H groups in total. The van der Waals surface area contributed by atoms with Gasteiger partial charge in [0.15, 0.2) is 5.58 Å². The molecule has 1 saturated heterocycles. The standard InChI is InChI=1S/C22H26N2O/c1-12-6-8-15-16-9-7-13(2)23-21(16)25-20(15)19(12)24-14(3)17-10-11-18(24)22(17,4)5/h6-9,14,17-18H,10-11H2,1-5H3. The summed E-state index contributed by atoms with van der Waals surface area (Å²) in [7, 11) is 0. The minimum Gasteiger partial charge on any atom is -0.436 e. The zero-order chi connectivity index (χ0) is 17.5. The van der Waals surface area contributed by atoms with Crippen molar-refractivity contribution in [3.8, 4) is 0 Å². The van der Waals surface area contributed by atoms with Crippen molar-refractivity contribution in [1.29, 1.82) is 0 Å². The quantitative estimate of drug-likeness (QED) is 0.579. The number of nitrogens with zero attached hydrogens (tertiary/aromatic N) is 2. The number of aromatic nitrogens is 1. The van der Waals surface area contributed by atoms with Gasteiger partial charge >= 0.3 is 0 Å². The van der Waals surface area contributed by atoms with Gasteiger partial charge in [0.05, 0.1) is 5.69 Å².